The lowest BCUT2D eigenvalue weighted by molar-refractivity contribution is 0.124. The third-order valence-corrected chi connectivity index (χ3v) is 4.34. The summed E-state index contributed by atoms with van der Waals surface area (Å²) in [6.07, 6.45) is 7.03. The fourth-order valence-corrected chi connectivity index (χ4v) is 2.64. The van der Waals surface area contributed by atoms with Crippen molar-refractivity contribution in [1.29, 1.82) is 0 Å². The Hall–Kier alpha value is -1.11. The molecule has 168 valence electrons. The van der Waals surface area contributed by atoms with Crippen molar-refractivity contribution in [2.24, 2.45) is 5.16 Å². The average Bonchev–Trinajstić information content (AvgIpc) is 2.69. The quantitative estimate of drug-likeness (QED) is 0.152. The Kier molecular flexibility index (Phi) is 14.9. The third kappa shape index (κ3) is 12.6. The van der Waals surface area contributed by atoms with E-state index in [2.05, 4.69) is 12.1 Å². The van der Waals surface area contributed by atoms with E-state index in [9.17, 15) is 0 Å². The second kappa shape index (κ2) is 16.6. The van der Waals surface area contributed by atoms with Gasteiger partial charge in [-0.15, -0.1) is 0 Å². The van der Waals surface area contributed by atoms with E-state index >= 15 is 0 Å². The second-order valence-corrected chi connectivity index (χ2v) is 8.08. The van der Waals surface area contributed by atoms with Crippen LogP contribution in [0.25, 0.3) is 0 Å². The molecule has 1 aromatic carbocycles. The molecule has 0 aliphatic carbocycles. The molecular weight excluding hydrogens is 472 g/mol. The smallest absolute Gasteiger partial charge is 0.138 e. The van der Waals surface area contributed by atoms with Gasteiger partial charge in [-0.2, -0.15) is 0 Å². The summed E-state index contributed by atoms with van der Waals surface area (Å²) in [5.41, 5.74) is 2.11. The number of aryl methyl sites for hydroxylation is 2. The van der Waals surface area contributed by atoms with Crippen molar-refractivity contribution in [3.05, 3.63) is 44.4 Å². The molecule has 0 saturated carbocycles. The number of ether oxygens (including phenoxy) is 3. The van der Waals surface area contributed by atoms with Crippen LogP contribution in [0.2, 0.25) is 0 Å². The van der Waals surface area contributed by atoms with Crippen molar-refractivity contribution in [2.75, 3.05) is 33.0 Å². The minimum absolute atomic E-state index is 0.159. The van der Waals surface area contributed by atoms with E-state index in [1.54, 1.807) is 12.3 Å². The highest BCUT2D eigenvalue weighted by Crippen LogP contribution is 2.30. The molecule has 0 saturated heterocycles. The molecule has 1 aromatic rings. The number of hydrogen-bond donors (Lipinski definition) is 0. The highest BCUT2D eigenvalue weighted by molar-refractivity contribution is 6.56. The van der Waals surface area contributed by atoms with Crippen LogP contribution < -0.4 is 9.47 Å². The van der Waals surface area contributed by atoms with E-state index in [0.29, 0.717) is 32.8 Å². The van der Waals surface area contributed by atoms with Gasteiger partial charge in [0.1, 0.15) is 33.7 Å². The van der Waals surface area contributed by atoms with Gasteiger partial charge in [0.25, 0.3) is 0 Å². The number of nitrogens with zero attached hydrogens (tertiary/aromatic N) is 1. The zero-order valence-corrected chi connectivity index (χ0v) is 20.2. The minimum Gasteiger partial charge on any atom is -0.493 e. The molecular formula is C21H27Cl4NO4. The van der Waals surface area contributed by atoms with Crippen LogP contribution >= 0.6 is 46.4 Å². The van der Waals surface area contributed by atoms with Gasteiger partial charge in [-0.25, -0.2) is 0 Å². The van der Waals surface area contributed by atoms with Gasteiger partial charge in [0.05, 0.1) is 13.2 Å². The first kappa shape index (κ1) is 26.9. The number of hydrogen-bond acceptors (Lipinski definition) is 5. The lowest BCUT2D eigenvalue weighted by Crippen LogP contribution is -2.07. The fourth-order valence-electron chi connectivity index (χ4n) is 2.39. The van der Waals surface area contributed by atoms with Gasteiger partial charge in [-0.05, 0) is 48.8 Å². The van der Waals surface area contributed by atoms with Crippen molar-refractivity contribution in [2.45, 2.75) is 33.1 Å². The Morgan fingerprint density at radius 1 is 0.967 bits per heavy atom. The van der Waals surface area contributed by atoms with Crippen LogP contribution in [0.15, 0.2) is 38.4 Å². The van der Waals surface area contributed by atoms with Crippen LogP contribution in [-0.2, 0) is 16.0 Å². The van der Waals surface area contributed by atoms with Crippen molar-refractivity contribution in [3.63, 3.8) is 0 Å². The zero-order chi connectivity index (χ0) is 22.2. The van der Waals surface area contributed by atoms with Crippen molar-refractivity contribution in [1.82, 2.24) is 0 Å². The molecule has 9 heteroatoms. The molecule has 0 unspecified atom stereocenters. The molecule has 0 bridgehead atoms. The van der Waals surface area contributed by atoms with Gasteiger partial charge in [0.2, 0.25) is 0 Å². The molecule has 5 nitrogen and oxygen atoms in total. The Labute approximate surface area is 198 Å². The van der Waals surface area contributed by atoms with E-state index in [0.717, 1.165) is 35.5 Å². The van der Waals surface area contributed by atoms with Crippen LogP contribution in [0.1, 0.15) is 30.9 Å². The van der Waals surface area contributed by atoms with Gasteiger partial charge in [-0.1, -0.05) is 58.5 Å². The van der Waals surface area contributed by atoms with Gasteiger partial charge in [0, 0.05) is 25.7 Å². The van der Waals surface area contributed by atoms with E-state index < -0.39 is 0 Å². The maximum absolute atomic E-state index is 5.98. The Morgan fingerprint density at radius 2 is 1.70 bits per heavy atom. The van der Waals surface area contributed by atoms with E-state index in [4.69, 9.17) is 65.5 Å². The molecule has 0 N–H and O–H groups in total. The van der Waals surface area contributed by atoms with Crippen LogP contribution in [-0.4, -0.2) is 39.2 Å². The summed E-state index contributed by atoms with van der Waals surface area (Å²) < 4.78 is 17.6. The molecule has 30 heavy (non-hydrogen) atoms. The normalized spacial score (nSPS) is 10.7. The first-order valence-corrected chi connectivity index (χ1v) is 11.1. The Bertz CT molecular complexity index is 715. The van der Waals surface area contributed by atoms with Crippen LogP contribution in [0.4, 0.5) is 0 Å². The van der Waals surface area contributed by atoms with Gasteiger partial charge >= 0.3 is 0 Å². The van der Waals surface area contributed by atoms with Crippen LogP contribution in [0.5, 0.6) is 11.5 Å². The number of oxime groups is 1. The molecule has 1 rings (SSSR count). The first-order chi connectivity index (χ1) is 14.4. The highest BCUT2D eigenvalue weighted by atomic mass is 35.5. The first-order valence-electron chi connectivity index (χ1n) is 9.57. The lowest BCUT2D eigenvalue weighted by atomic mass is 10.1. The molecule has 0 aliphatic heterocycles. The second-order valence-electron chi connectivity index (χ2n) is 6.07. The minimum atomic E-state index is 0.159. The molecule has 0 aromatic heterocycles. The summed E-state index contributed by atoms with van der Waals surface area (Å²) >= 11 is 22.1. The molecule has 0 atom stereocenters. The monoisotopic (exact) mass is 497 g/mol. The van der Waals surface area contributed by atoms with Gasteiger partial charge < -0.3 is 19.0 Å². The summed E-state index contributed by atoms with van der Waals surface area (Å²) in [4.78, 5) is 4.94. The number of benzene rings is 1. The predicted molar refractivity (Wildman–Crippen MR) is 126 cm³/mol. The van der Waals surface area contributed by atoms with E-state index in [-0.39, 0.29) is 15.6 Å². The molecule has 0 spiro atoms. The summed E-state index contributed by atoms with van der Waals surface area (Å²) in [6, 6.07) is 3.92. The van der Waals surface area contributed by atoms with Gasteiger partial charge in [0.15, 0.2) is 0 Å². The zero-order valence-electron chi connectivity index (χ0n) is 17.1. The summed E-state index contributed by atoms with van der Waals surface area (Å²) in [7, 11) is 0. The van der Waals surface area contributed by atoms with E-state index in [1.807, 2.05) is 19.1 Å². The highest BCUT2D eigenvalue weighted by Gasteiger charge is 2.09. The number of rotatable bonds is 15. The predicted octanol–water partition coefficient (Wildman–Crippen LogP) is 6.75. The summed E-state index contributed by atoms with van der Waals surface area (Å²) in [6.45, 7) is 6.37. The molecule has 0 radical (unpaired) electrons. The molecule has 0 amide bonds. The summed E-state index contributed by atoms with van der Waals surface area (Å²) in [5.74, 6) is 1.66. The van der Waals surface area contributed by atoms with Crippen molar-refractivity contribution in [3.8, 4) is 11.5 Å². The molecule has 0 fully saturated rings. The largest absolute Gasteiger partial charge is 0.493 e. The fraction of sp³-hybridized carbons (Fsp3) is 0.476. The van der Waals surface area contributed by atoms with Crippen molar-refractivity contribution < 1.29 is 19.0 Å². The van der Waals surface area contributed by atoms with Crippen LogP contribution in [0, 0.1) is 6.92 Å². The maximum atomic E-state index is 5.98. The Morgan fingerprint density at radius 3 is 2.40 bits per heavy atom. The molecule has 0 aliphatic rings. The standard InChI is InChI=1S/C21H27Cl4NO4/c1-3-17-15-18(28-12-6-19(22)23)14-16(2)21(17)29-11-5-10-27-9-4-8-26-30-13-7-20(24)25/h6-8,14-15H,3-5,9-13H2,1-2H3. The Balaban J connectivity index is 2.28. The SMILES string of the molecule is CCc1cc(OCC=C(Cl)Cl)cc(C)c1OCCCOCCC=NOCC=C(Cl)Cl. The van der Waals surface area contributed by atoms with Crippen molar-refractivity contribution >= 4 is 52.6 Å². The van der Waals surface area contributed by atoms with Crippen LogP contribution in [0.3, 0.4) is 0 Å². The van der Waals surface area contributed by atoms with Gasteiger partial charge in [-0.3, -0.25) is 0 Å². The third-order valence-electron chi connectivity index (χ3n) is 3.73. The average molecular weight is 499 g/mol. The molecule has 0 heterocycles. The number of halogens is 4. The topological polar surface area (TPSA) is 49.3 Å². The maximum Gasteiger partial charge on any atom is 0.138 e. The lowest BCUT2D eigenvalue weighted by Gasteiger charge is -2.15. The summed E-state index contributed by atoms with van der Waals surface area (Å²) in [5, 5.41) is 3.76. The van der Waals surface area contributed by atoms with E-state index in [1.165, 1.54) is 6.08 Å².